The van der Waals surface area contributed by atoms with Gasteiger partial charge in [0, 0.05) is 0 Å². The molecule has 32 heavy (non-hydrogen) atoms. The van der Waals surface area contributed by atoms with Crippen LogP contribution in [-0.2, 0) is 30.4 Å². The van der Waals surface area contributed by atoms with Crippen LogP contribution in [0.4, 0.5) is 0 Å². The summed E-state index contributed by atoms with van der Waals surface area (Å²) < 4.78 is 0. The van der Waals surface area contributed by atoms with Gasteiger partial charge in [-0.2, -0.15) is 0 Å². The molecule has 0 aliphatic heterocycles. The number of rotatable bonds is 12. The molecule has 11 heteroatoms. The van der Waals surface area contributed by atoms with Gasteiger partial charge in [0.05, 0.1) is 12.5 Å². The third-order valence-electron chi connectivity index (χ3n) is 4.65. The van der Waals surface area contributed by atoms with E-state index in [1.54, 1.807) is 13.8 Å². The highest BCUT2D eigenvalue weighted by Crippen LogP contribution is 2.05. The summed E-state index contributed by atoms with van der Waals surface area (Å²) in [6, 6.07) is 4.66. The van der Waals surface area contributed by atoms with Crippen LogP contribution in [0.3, 0.4) is 0 Å². The predicted octanol–water partition coefficient (Wildman–Crippen LogP) is -1.35. The van der Waals surface area contributed by atoms with Gasteiger partial charge in [-0.1, -0.05) is 44.2 Å². The molecule has 1 aromatic carbocycles. The molecule has 4 unspecified atom stereocenters. The summed E-state index contributed by atoms with van der Waals surface area (Å²) in [6.45, 7) is 4.73. The highest BCUT2D eigenvalue weighted by atomic mass is 16.4. The molecule has 176 valence electrons. The molecule has 8 N–H and O–H groups in total. The first kappa shape index (κ1) is 26.6. The second-order valence-corrected chi connectivity index (χ2v) is 7.83. The van der Waals surface area contributed by atoms with Crippen LogP contribution in [0.15, 0.2) is 30.3 Å². The molecule has 0 heterocycles. The van der Waals surface area contributed by atoms with Crippen molar-refractivity contribution in [3.63, 3.8) is 0 Å². The lowest BCUT2D eigenvalue weighted by Gasteiger charge is -2.25. The van der Waals surface area contributed by atoms with Crippen LogP contribution in [0.2, 0.25) is 0 Å². The molecule has 0 fully saturated rings. The molecule has 0 bridgehead atoms. The zero-order chi connectivity index (χ0) is 24.4. The Morgan fingerprint density at radius 1 is 0.906 bits per heavy atom. The van der Waals surface area contributed by atoms with E-state index in [0.29, 0.717) is 0 Å². The summed E-state index contributed by atoms with van der Waals surface area (Å²) in [6.07, 6.45) is -0.305. The zero-order valence-corrected chi connectivity index (χ0v) is 18.3. The number of carboxylic acid groups (broad SMARTS) is 1. The zero-order valence-electron chi connectivity index (χ0n) is 18.3. The van der Waals surface area contributed by atoms with E-state index in [-0.39, 0.29) is 6.42 Å². The van der Waals surface area contributed by atoms with E-state index in [1.807, 2.05) is 30.3 Å². The lowest BCUT2D eigenvalue weighted by Crippen LogP contribution is -2.58. The third kappa shape index (κ3) is 8.72. The molecule has 0 aliphatic carbocycles. The van der Waals surface area contributed by atoms with Crippen molar-refractivity contribution in [2.24, 2.45) is 17.4 Å². The molecule has 4 amide bonds. The van der Waals surface area contributed by atoms with Crippen LogP contribution in [0.25, 0.3) is 0 Å². The normalized spacial score (nSPS) is 14.5. The van der Waals surface area contributed by atoms with Crippen LogP contribution < -0.4 is 27.4 Å². The molecule has 11 nitrogen and oxygen atoms in total. The molecule has 0 saturated carbocycles. The summed E-state index contributed by atoms with van der Waals surface area (Å²) in [5, 5.41) is 16.3. The maximum absolute atomic E-state index is 12.5. The average Bonchev–Trinajstić information content (AvgIpc) is 2.71. The summed E-state index contributed by atoms with van der Waals surface area (Å²) in [5.41, 5.74) is 11.8. The van der Waals surface area contributed by atoms with Gasteiger partial charge in [-0.05, 0) is 24.8 Å². The molecular weight excluding hydrogens is 418 g/mol. The molecule has 0 aromatic heterocycles. The Labute approximate surface area is 186 Å². The van der Waals surface area contributed by atoms with Gasteiger partial charge in [0.2, 0.25) is 23.6 Å². The number of carboxylic acids is 1. The monoisotopic (exact) mass is 449 g/mol. The Morgan fingerprint density at radius 2 is 1.50 bits per heavy atom. The summed E-state index contributed by atoms with van der Waals surface area (Å²) >= 11 is 0. The van der Waals surface area contributed by atoms with E-state index >= 15 is 0 Å². The second-order valence-electron chi connectivity index (χ2n) is 7.83. The standard InChI is InChI=1S/C21H31N5O6/c1-11(2)17(20(30)25-15(21(31)32)10-16(23)27)26-18(28)12(3)24-19(29)14(22)9-13-7-5-4-6-8-13/h4-8,11-12,14-15,17H,9-10,22H2,1-3H3,(H2,23,27)(H,24,29)(H,25,30)(H,26,28)(H,31,32). The number of aliphatic carboxylic acids is 1. The lowest BCUT2D eigenvalue weighted by atomic mass is 10.0. The Balaban J connectivity index is 2.71. The van der Waals surface area contributed by atoms with Crippen molar-refractivity contribution in [2.75, 3.05) is 0 Å². The minimum Gasteiger partial charge on any atom is -0.480 e. The number of carbonyl (C=O) groups is 5. The fourth-order valence-electron chi connectivity index (χ4n) is 2.82. The van der Waals surface area contributed by atoms with Crippen LogP contribution in [0.5, 0.6) is 0 Å². The third-order valence-corrected chi connectivity index (χ3v) is 4.65. The van der Waals surface area contributed by atoms with Gasteiger partial charge in [0.15, 0.2) is 0 Å². The molecule has 0 radical (unpaired) electrons. The Morgan fingerprint density at radius 3 is 2.00 bits per heavy atom. The maximum Gasteiger partial charge on any atom is 0.326 e. The first-order valence-corrected chi connectivity index (χ1v) is 10.1. The number of hydrogen-bond donors (Lipinski definition) is 6. The van der Waals surface area contributed by atoms with E-state index in [9.17, 15) is 24.0 Å². The van der Waals surface area contributed by atoms with E-state index in [1.165, 1.54) is 6.92 Å². The van der Waals surface area contributed by atoms with Crippen molar-refractivity contribution in [3.8, 4) is 0 Å². The van der Waals surface area contributed by atoms with Gasteiger partial charge in [-0.15, -0.1) is 0 Å². The van der Waals surface area contributed by atoms with Gasteiger partial charge < -0.3 is 32.5 Å². The van der Waals surface area contributed by atoms with E-state index in [2.05, 4.69) is 16.0 Å². The smallest absolute Gasteiger partial charge is 0.326 e. The molecular formula is C21H31N5O6. The number of carbonyl (C=O) groups excluding carboxylic acids is 4. The minimum atomic E-state index is -1.52. The largest absolute Gasteiger partial charge is 0.480 e. The Hall–Kier alpha value is -3.47. The number of benzene rings is 1. The number of primary amides is 1. The first-order chi connectivity index (χ1) is 14.9. The lowest BCUT2D eigenvalue weighted by molar-refractivity contribution is -0.144. The van der Waals surface area contributed by atoms with Crippen LogP contribution in [0.1, 0.15) is 32.8 Å². The Bertz CT molecular complexity index is 829. The van der Waals surface area contributed by atoms with Crippen molar-refractivity contribution in [1.82, 2.24) is 16.0 Å². The quantitative estimate of drug-likeness (QED) is 0.227. The fourth-order valence-corrected chi connectivity index (χ4v) is 2.82. The van der Waals surface area contributed by atoms with Crippen molar-refractivity contribution in [3.05, 3.63) is 35.9 Å². The molecule has 0 saturated heterocycles. The highest BCUT2D eigenvalue weighted by molar-refractivity contribution is 5.94. The van der Waals surface area contributed by atoms with E-state index in [0.717, 1.165) is 5.56 Å². The average molecular weight is 450 g/mol. The topological polar surface area (TPSA) is 194 Å². The van der Waals surface area contributed by atoms with Crippen molar-refractivity contribution in [1.29, 1.82) is 0 Å². The number of amides is 4. The van der Waals surface area contributed by atoms with Crippen LogP contribution >= 0.6 is 0 Å². The summed E-state index contributed by atoms with van der Waals surface area (Å²) in [7, 11) is 0. The van der Waals surface area contributed by atoms with Crippen LogP contribution in [0, 0.1) is 5.92 Å². The number of nitrogens with one attached hydrogen (secondary N) is 3. The minimum absolute atomic E-state index is 0.286. The van der Waals surface area contributed by atoms with Crippen LogP contribution in [-0.4, -0.2) is 58.9 Å². The van der Waals surface area contributed by atoms with Gasteiger partial charge >= 0.3 is 5.97 Å². The van der Waals surface area contributed by atoms with Gasteiger partial charge in [-0.3, -0.25) is 19.2 Å². The van der Waals surface area contributed by atoms with Gasteiger partial charge in [-0.25, -0.2) is 4.79 Å². The van der Waals surface area contributed by atoms with E-state index in [4.69, 9.17) is 16.6 Å². The summed E-state index contributed by atoms with van der Waals surface area (Å²) in [4.78, 5) is 59.7. The molecule has 1 rings (SSSR count). The molecule has 1 aromatic rings. The fraction of sp³-hybridized carbons (Fsp3) is 0.476. The Kier molecular flexibility index (Phi) is 10.3. The number of hydrogen-bond acceptors (Lipinski definition) is 6. The van der Waals surface area contributed by atoms with Crippen molar-refractivity contribution in [2.45, 2.75) is 57.8 Å². The number of nitrogens with two attached hydrogens (primary N) is 2. The van der Waals surface area contributed by atoms with Gasteiger partial charge in [0.25, 0.3) is 0 Å². The van der Waals surface area contributed by atoms with Crippen molar-refractivity contribution < 1.29 is 29.1 Å². The highest BCUT2D eigenvalue weighted by Gasteiger charge is 2.31. The molecule has 0 aliphatic rings. The summed E-state index contributed by atoms with van der Waals surface area (Å²) in [5.74, 6) is -4.72. The maximum atomic E-state index is 12.5. The first-order valence-electron chi connectivity index (χ1n) is 10.1. The SMILES string of the molecule is CC(NC(=O)C(N)Cc1ccccc1)C(=O)NC(C(=O)NC(CC(N)=O)C(=O)O)C(C)C. The van der Waals surface area contributed by atoms with Crippen molar-refractivity contribution >= 4 is 29.6 Å². The molecule has 4 atom stereocenters. The second kappa shape index (κ2) is 12.4. The molecule has 0 spiro atoms. The van der Waals surface area contributed by atoms with E-state index < -0.39 is 66.1 Å². The van der Waals surface area contributed by atoms with Gasteiger partial charge in [0.1, 0.15) is 18.1 Å². The predicted molar refractivity (Wildman–Crippen MR) is 116 cm³/mol.